The van der Waals surface area contributed by atoms with Crippen molar-refractivity contribution >= 4 is 11.9 Å². The summed E-state index contributed by atoms with van der Waals surface area (Å²) in [6.45, 7) is 8.21. The first-order valence-electron chi connectivity index (χ1n) is 7.49. The summed E-state index contributed by atoms with van der Waals surface area (Å²) in [5, 5.41) is 8.48. The third-order valence-corrected chi connectivity index (χ3v) is 2.37. The Morgan fingerprint density at radius 2 is 1.60 bits per heavy atom. The summed E-state index contributed by atoms with van der Waals surface area (Å²) in [5.41, 5.74) is 0. The molecule has 0 amide bonds. The van der Waals surface area contributed by atoms with Gasteiger partial charge in [0.15, 0.2) is 0 Å². The van der Waals surface area contributed by atoms with Crippen LogP contribution in [0.2, 0.25) is 0 Å². The molecule has 0 bridgehead atoms. The Morgan fingerprint density at radius 3 is 2.00 bits per heavy atom. The molecule has 1 atom stereocenters. The highest BCUT2D eigenvalue weighted by molar-refractivity contribution is 5.73. The fraction of sp³-hybridized carbons (Fsp3) is 0.867. The maximum Gasteiger partial charge on any atom is 0.334 e. The van der Waals surface area contributed by atoms with Gasteiger partial charge in [0.05, 0.1) is 13.2 Å². The molecule has 0 heterocycles. The molecule has 0 radical (unpaired) electrons. The van der Waals surface area contributed by atoms with Crippen LogP contribution >= 0.6 is 0 Å². The summed E-state index contributed by atoms with van der Waals surface area (Å²) >= 11 is 0. The number of hydrogen-bond donors (Lipinski definition) is 1. The van der Waals surface area contributed by atoms with Gasteiger partial charge in [-0.15, -0.1) is 0 Å². The standard InChI is InChI=1S/C10H20O2.C5H10O3/c1-3-5-7-8-10(11)12-9-6-4-2;1-3-8-5(7)4(2)6/h3-9H2,1-2H3;4,6H,3H2,1-2H3. The number of aliphatic hydroxyl groups is 1. The molecule has 0 rings (SSSR count). The van der Waals surface area contributed by atoms with Gasteiger partial charge in [-0.2, -0.15) is 0 Å². The molecule has 0 aromatic carbocycles. The molecule has 0 spiro atoms. The van der Waals surface area contributed by atoms with Gasteiger partial charge in [0.2, 0.25) is 0 Å². The highest BCUT2D eigenvalue weighted by atomic mass is 16.5. The highest BCUT2D eigenvalue weighted by Crippen LogP contribution is 2.01. The van der Waals surface area contributed by atoms with Crippen LogP contribution in [0, 0.1) is 0 Å². The van der Waals surface area contributed by atoms with Crippen LogP contribution < -0.4 is 0 Å². The molecule has 0 saturated carbocycles. The number of carbonyl (C=O) groups is 2. The Morgan fingerprint density at radius 1 is 1.00 bits per heavy atom. The van der Waals surface area contributed by atoms with Gasteiger partial charge in [0.25, 0.3) is 0 Å². The molecule has 0 fully saturated rings. The number of aliphatic hydroxyl groups excluding tert-OH is 1. The largest absolute Gasteiger partial charge is 0.466 e. The third kappa shape index (κ3) is 16.9. The van der Waals surface area contributed by atoms with E-state index in [1.165, 1.54) is 6.92 Å². The van der Waals surface area contributed by atoms with Crippen molar-refractivity contribution in [1.82, 2.24) is 0 Å². The summed E-state index contributed by atoms with van der Waals surface area (Å²) in [7, 11) is 0. The Hall–Kier alpha value is -1.10. The first-order chi connectivity index (χ1) is 9.49. The van der Waals surface area contributed by atoms with E-state index in [0.717, 1.165) is 32.1 Å². The zero-order valence-electron chi connectivity index (χ0n) is 13.3. The average molecular weight is 290 g/mol. The second-order valence-corrected chi connectivity index (χ2v) is 4.46. The van der Waals surface area contributed by atoms with E-state index in [-0.39, 0.29) is 5.97 Å². The fourth-order valence-corrected chi connectivity index (χ4v) is 1.18. The topological polar surface area (TPSA) is 72.8 Å². The monoisotopic (exact) mass is 290 g/mol. The van der Waals surface area contributed by atoms with Gasteiger partial charge in [-0.1, -0.05) is 33.1 Å². The van der Waals surface area contributed by atoms with Crippen LogP contribution in [0.3, 0.4) is 0 Å². The van der Waals surface area contributed by atoms with Gasteiger partial charge in [-0.05, 0) is 26.7 Å². The molecule has 0 aliphatic carbocycles. The predicted molar refractivity (Wildman–Crippen MR) is 78.3 cm³/mol. The van der Waals surface area contributed by atoms with E-state index in [2.05, 4.69) is 18.6 Å². The van der Waals surface area contributed by atoms with Crippen LogP contribution in [-0.4, -0.2) is 36.4 Å². The van der Waals surface area contributed by atoms with E-state index in [4.69, 9.17) is 9.84 Å². The van der Waals surface area contributed by atoms with Crippen LogP contribution in [0.15, 0.2) is 0 Å². The van der Waals surface area contributed by atoms with Crippen molar-refractivity contribution in [2.24, 2.45) is 0 Å². The molecule has 20 heavy (non-hydrogen) atoms. The van der Waals surface area contributed by atoms with Gasteiger partial charge in [-0.3, -0.25) is 4.79 Å². The van der Waals surface area contributed by atoms with Crippen molar-refractivity contribution < 1.29 is 24.2 Å². The van der Waals surface area contributed by atoms with Crippen LogP contribution in [-0.2, 0) is 19.1 Å². The van der Waals surface area contributed by atoms with Crippen molar-refractivity contribution in [3.63, 3.8) is 0 Å². The average Bonchev–Trinajstić information content (AvgIpc) is 2.40. The minimum absolute atomic E-state index is 0.0306. The summed E-state index contributed by atoms with van der Waals surface area (Å²) in [5.74, 6) is -0.593. The number of unbranched alkanes of at least 4 members (excludes halogenated alkanes) is 3. The summed E-state index contributed by atoms with van der Waals surface area (Å²) in [6.07, 6.45) is 4.93. The molecule has 0 aromatic rings. The predicted octanol–water partition coefficient (Wildman–Crippen LogP) is 2.84. The number of esters is 2. The highest BCUT2D eigenvalue weighted by Gasteiger charge is 2.07. The molecule has 0 aromatic heterocycles. The maximum absolute atomic E-state index is 11.0. The van der Waals surface area contributed by atoms with Gasteiger partial charge >= 0.3 is 11.9 Å². The third-order valence-electron chi connectivity index (χ3n) is 2.37. The minimum atomic E-state index is -0.991. The molecule has 120 valence electrons. The molecule has 5 heteroatoms. The van der Waals surface area contributed by atoms with Crippen LogP contribution in [0.1, 0.15) is 66.2 Å². The number of hydrogen-bond acceptors (Lipinski definition) is 5. The Bertz CT molecular complexity index is 226. The second kappa shape index (κ2) is 16.0. The van der Waals surface area contributed by atoms with E-state index in [0.29, 0.717) is 19.6 Å². The lowest BCUT2D eigenvalue weighted by Crippen LogP contribution is -2.18. The van der Waals surface area contributed by atoms with Crippen molar-refractivity contribution in [1.29, 1.82) is 0 Å². The normalized spacial score (nSPS) is 11.1. The van der Waals surface area contributed by atoms with Crippen molar-refractivity contribution in [3.05, 3.63) is 0 Å². The molecule has 0 saturated heterocycles. The zero-order chi connectivity index (χ0) is 15.8. The van der Waals surface area contributed by atoms with E-state index in [9.17, 15) is 9.59 Å². The fourth-order valence-electron chi connectivity index (χ4n) is 1.18. The van der Waals surface area contributed by atoms with Gasteiger partial charge in [0, 0.05) is 6.42 Å². The molecular formula is C15H30O5. The van der Waals surface area contributed by atoms with Crippen molar-refractivity contribution in [2.75, 3.05) is 13.2 Å². The minimum Gasteiger partial charge on any atom is -0.466 e. The Kier molecular flexibility index (Phi) is 16.9. The van der Waals surface area contributed by atoms with Crippen molar-refractivity contribution in [3.8, 4) is 0 Å². The van der Waals surface area contributed by atoms with E-state index < -0.39 is 12.1 Å². The van der Waals surface area contributed by atoms with E-state index in [1.807, 2.05) is 0 Å². The van der Waals surface area contributed by atoms with Crippen LogP contribution in [0.4, 0.5) is 0 Å². The van der Waals surface area contributed by atoms with Crippen LogP contribution in [0.25, 0.3) is 0 Å². The molecule has 1 N–H and O–H groups in total. The molecule has 1 unspecified atom stereocenters. The van der Waals surface area contributed by atoms with Crippen LogP contribution in [0.5, 0.6) is 0 Å². The Labute approximate surface area is 122 Å². The lowest BCUT2D eigenvalue weighted by molar-refractivity contribution is -0.152. The first kappa shape index (κ1) is 21.2. The lowest BCUT2D eigenvalue weighted by atomic mass is 10.2. The quantitative estimate of drug-likeness (QED) is 0.522. The van der Waals surface area contributed by atoms with Gasteiger partial charge in [0.1, 0.15) is 6.10 Å². The SMILES string of the molecule is CCCCCC(=O)OCCCC.CCOC(=O)C(C)O. The number of carbonyl (C=O) groups excluding carboxylic acids is 2. The maximum atomic E-state index is 11.0. The van der Waals surface area contributed by atoms with Crippen molar-refractivity contribution in [2.45, 2.75) is 72.3 Å². The number of ether oxygens (including phenoxy) is 2. The molecule has 0 aliphatic heterocycles. The number of rotatable bonds is 9. The van der Waals surface area contributed by atoms with Gasteiger partial charge in [-0.25, -0.2) is 4.79 Å². The molecular weight excluding hydrogens is 260 g/mol. The Balaban J connectivity index is 0. The summed E-state index contributed by atoms with van der Waals surface area (Å²) in [6, 6.07) is 0. The second-order valence-electron chi connectivity index (χ2n) is 4.46. The molecule has 5 nitrogen and oxygen atoms in total. The first-order valence-corrected chi connectivity index (χ1v) is 7.49. The van der Waals surface area contributed by atoms with Gasteiger partial charge < -0.3 is 14.6 Å². The molecule has 0 aliphatic rings. The lowest BCUT2D eigenvalue weighted by Gasteiger charge is -2.02. The van der Waals surface area contributed by atoms with E-state index >= 15 is 0 Å². The summed E-state index contributed by atoms with van der Waals surface area (Å²) in [4.78, 5) is 21.2. The zero-order valence-corrected chi connectivity index (χ0v) is 13.3. The van der Waals surface area contributed by atoms with E-state index in [1.54, 1.807) is 6.92 Å². The smallest absolute Gasteiger partial charge is 0.334 e. The summed E-state index contributed by atoms with van der Waals surface area (Å²) < 4.78 is 9.40.